The minimum absolute atomic E-state index is 0. The van der Waals surface area contributed by atoms with Crippen LogP contribution < -0.4 is 0 Å². The van der Waals surface area contributed by atoms with Gasteiger partial charge in [-0.25, -0.2) is 4.98 Å². The van der Waals surface area contributed by atoms with Crippen LogP contribution in [-0.4, -0.2) is 19.6 Å². The zero-order valence-electron chi connectivity index (χ0n) is 46.9. The average Bonchev–Trinajstić information content (AvgIpc) is 4.15. The Balaban J connectivity index is 0.00000690. The molecule has 4 nitrogen and oxygen atoms in total. The molecule has 2 aromatic heterocycles. The molecule has 0 saturated heterocycles. The van der Waals surface area contributed by atoms with Gasteiger partial charge in [0.1, 0.15) is 11.6 Å². The average molecular weight is 1230 g/mol. The normalized spacial score (nSPS) is 11.8. The van der Waals surface area contributed by atoms with Crippen LogP contribution in [0.5, 0.6) is 5.75 Å². The summed E-state index contributed by atoms with van der Waals surface area (Å²) in [4.78, 5) is 10.7. The number of aromatic nitrogens is 3. The number of phenolic OH excluding ortho intramolecular Hbond substituents is 1. The summed E-state index contributed by atoms with van der Waals surface area (Å²) in [6, 6.07) is 91.8. The number of imidazole rings is 1. The van der Waals surface area contributed by atoms with Gasteiger partial charge < -0.3 is 5.11 Å². The summed E-state index contributed by atoms with van der Waals surface area (Å²) in [6.07, 6.45) is 1.91. The number of benzene rings is 10. The molecule has 1 N–H and O–H groups in total. The van der Waals surface area contributed by atoms with E-state index in [0.717, 1.165) is 89.2 Å². The van der Waals surface area contributed by atoms with E-state index in [4.69, 9.17) is 9.97 Å². The van der Waals surface area contributed by atoms with Gasteiger partial charge in [0.2, 0.25) is 0 Å². The minimum Gasteiger partial charge on any atom is -0.507 e. The van der Waals surface area contributed by atoms with Gasteiger partial charge in [-0.2, -0.15) is 0 Å². The quantitative estimate of drug-likeness (QED) is 0.104. The SMILES string of the molecule is CC(C)(C)c1cc(-c2cc(-c3ccc(C(C)(c4ccccc4)c4ccccc4)cc3)ccn2)[c-]c(-c2cccc3c2nc(-c2cccc(-c4ccccc4-c4ccccc4)c2O)n3-c2ccc(C(C)(C)C)cc2-c2ccccc2)c1.[Pt]. The fraction of sp³-hybridized carbons (Fsp3) is 0.132. The smallest absolute Gasteiger partial charge is 0.148 e. The first-order valence-electron chi connectivity index (χ1n) is 27.7. The standard InChI is InChI=1S/C76H64N3O.Pt/c1-74(2,3)60-42-43-69(67(50-60)53-26-14-9-15-27-53)79-70-37-23-34-63(71(70)78-73(79)66-36-22-35-65(72(66)80)64-33-21-20-32-62(64)52-24-12-8-13-25-52)55-46-56(48-61(47-55)75(4,5)6)68-49-54(44-45-77-68)51-38-40-59(41-39-51)76(7,57-28-16-10-17-29-57)58-30-18-11-19-31-58;/h8-45,47-50,80H,1-7H3;/q-1;. The summed E-state index contributed by atoms with van der Waals surface area (Å²) >= 11 is 0. The Morgan fingerprint density at radius 1 is 0.383 bits per heavy atom. The molecule has 12 rings (SSSR count). The van der Waals surface area contributed by atoms with Crippen LogP contribution >= 0.6 is 0 Å². The molecular weight excluding hydrogens is 1170 g/mol. The summed E-state index contributed by atoms with van der Waals surface area (Å²) in [5.74, 6) is 0.789. The molecular formula is C76H64N3OPt-. The van der Waals surface area contributed by atoms with Crippen LogP contribution in [-0.2, 0) is 37.3 Å². The topological polar surface area (TPSA) is 50.9 Å². The van der Waals surface area contributed by atoms with Gasteiger partial charge in [-0.1, -0.05) is 259 Å². The fourth-order valence-electron chi connectivity index (χ4n) is 11.4. The summed E-state index contributed by atoms with van der Waals surface area (Å²) in [5, 5.41) is 12.9. The molecule has 0 spiro atoms. The second-order valence-corrected chi connectivity index (χ2v) is 23.2. The van der Waals surface area contributed by atoms with Gasteiger partial charge in [0.25, 0.3) is 0 Å². The second-order valence-electron chi connectivity index (χ2n) is 23.2. The van der Waals surface area contributed by atoms with Gasteiger partial charge >= 0.3 is 0 Å². The van der Waals surface area contributed by atoms with Gasteiger partial charge in [-0.3, -0.25) is 9.55 Å². The van der Waals surface area contributed by atoms with E-state index in [-0.39, 0.29) is 43.1 Å². The van der Waals surface area contributed by atoms with Crippen LogP contribution in [0.15, 0.2) is 255 Å². The van der Waals surface area contributed by atoms with Gasteiger partial charge in [0.05, 0.1) is 22.3 Å². The second kappa shape index (κ2) is 22.1. The number of phenols is 1. The molecule has 0 radical (unpaired) electrons. The van der Waals surface area contributed by atoms with Crippen LogP contribution in [0, 0.1) is 6.07 Å². The van der Waals surface area contributed by atoms with Crippen molar-refractivity contribution in [1.29, 1.82) is 0 Å². The van der Waals surface area contributed by atoms with Crippen molar-refractivity contribution in [2.45, 2.75) is 64.7 Å². The first kappa shape index (κ1) is 54.3. The largest absolute Gasteiger partial charge is 0.507 e. The zero-order valence-corrected chi connectivity index (χ0v) is 49.1. The van der Waals surface area contributed by atoms with E-state index in [0.29, 0.717) is 11.4 Å². The Labute approximate surface area is 491 Å². The Bertz CT molecular complexity index is 4150. The Morgan fingerprint density at radius 2 is 0.889 bits per heavy atom. The van der Waals surface area contributed by atoms with E-state index in [9.17, 15) is 5.11 Å². The van der Waals surface area contributed by atoms with Crippen molar-refractivity contribution in [3.05, 3.63) is 289 Å². The summed E-state index contributed by atoms with van der Waals surface area (Å²) in [6.45, 7) is 15.9. The van der Waals surface area contributed by atoms with Crippen LogP contribution in [0.25, 0.3) is 95.0 Å². The predicted octanol–water partition coefficient (Wildman–Crippen LogP) is 19.5. The summed E-state index contributed by atoms with van der Waals surface area (Å²) in [5.41, 5.74) is 20.4. The molecule has 0 saturated carbocycles. The third-order valence-corrected chi connectivity index (χ3v) is 16.0. The number of aromatic hydroxyl groups is 1. The molecule has 0 aliphatic rings. The number of nitrogens with zero attached hydrogens (tertiary/aromatic N) is 3. The molecule has 81 heavy (non-hydrogen) atoms. The van der Waals surface area contributed by atoms with Crippen molar-refractivity contribution in [2.24, 2.45) is 0 Å². The molecule has 0 fully saturated rings. The Morgan fingerprint density at radius 3 is 1.52 bits per heavy atom. The van der Waals surface area contributed by atoms with E-state index in [1.54, 1.807) is 0 Å². The van der Waals surface area contributed by atoms with Crippen LogP contribution in [0.1, 0.15) is 76.3 Å². The zero-order chi connectivity index (χ0) is 55.2. The van der Waals surface area contributed by atoms with E-state index < -0.39 is 0 Å². The third kappa shape index (κ3) is 10.4. The molecule has 400 valence electrons. The molecule has 0 aliphatic heterocycles. The molecule has 10 aromatic carbocycles. The van der Waals surface area contributed by atoms with Gasteiger partial charge in [0.15, 0.2) is 0 Å². The van der Waals surface area contributed by atoms with E-state index in [2.05, 4.69) is 277 Å². The minimum atomic E-state index is -0.344. The number of pyridine rings is 1. The van der Waals surface area contributed by atoms with Crippen LogP contribution in [0.4, 0.5) is 0 Å². The maximum absolute atomic E-state index is 12.9. The number of fused-ring (bicyclic) bond motifs is 1. The number of para-hydroxylation sites is 2. The Kier molecular flexibility index (Phi) is 14.8. The van der Waals surface area contributed by atoms with Crippen molar-refractivity contribution in [1.82, 2.24) is 14.5 Å². The van der Waals surface area contributed by atoms with Crippen molar-refractivity contribution < 1.29 is 26.2 Å². The van der Waals surface area contributed by atoms with Crippen LogP contribution in [0.2, 0.25) is 0 Å². The molecule has 0 unspecified atom stereocenters. The molecule has 5 heteroatoms. The maximum atomic E-state index is 12.9. The van der Waals surface area contributed by atoms with Crippen molar-refractivity contribution >= 4 is 11.0 Å². The van der Waals surface area contributed by atoms with Crippen molar-refractivity contribution in [2.75, 3.05) is 0 Å². The fourth-order valence-corrected chi connectivity index (χ4v) is 11.4. The monoisotopic (exact) mass is 1230 g/mol. The van der Waals surface area contributed by atoms with Gasteiger partial charge in [0, 0.05) is 49.5 Å². The van der Waals surface area contributed by atoms with E-state index in [1.165, 1.54) is 22.3 Å². The third-order valence-electron chi connectivity index (χ3n) is 16.0. The predicted molar refractivity (Wildman–Crippen MR) is 333 cm³/mol. The van der Waals surface area contributed by atoms with Crippen molar-refractivity contribution in [3.8, 4) is 89.7 Å². The molecule has 0 bridgehead atoms. The van der Waals surface area contributed by atoms with Gasteiger partial charge in [-0.15, -0.1) is 29.3 Å². The Hall–Kier alpha value is -8.69. The van der Waals surface area contributed by atoms with E-state index in [1.807, 2.05) is 36.5 Å². The maximum Gasteiger partial charge on any atom is 0.148 e. The molecule has 12 aromatic rings. The molecule has 0 amide bonds. The molecule has 2 heterocycles. The number of hydrogen-bond donors (Lipinski definition) is 1. The van der Waals surface area contributed by atoms with Crippen LogP contribution in [0.3, 0.4) is 0 Å². The van der Waals surface area contributed by atoms with E-state index >= 15 is 0 Å². The number of rotatable bonds is 11. The van der Waals surface area contributed by atoms with Crippen molar-refractivity contribution in [3.63, 3.8) is 0 Å². The first-order valence-corrected chi connectivity index (χ1v) is 27.7. The van der Waals surface area contributed by atoms with Gasteiger partial charge in [-0.05, 0) is 104 Å². The molecule has 0 atom stereocenters. The first-order chi connectivity index (χ1) is 38.7. The summed E-state index contributed by atoms with van der Waals surface area (Å²) in [7, 11) is 0. The molecule has 0 aliphatic carbocycles. The summed E-state index contributed by atoms with van der Waals surface area (Å²) < 4.78 is 2.25. The number of hydrogen-bond acceptors (Lipinski definition) is 3.